The molecule has 1 aliphatic heterocycles. The molecule has 1 aliphatic carbocycles. The molecule has 0 unspecified atom stereocenters. The second kappa shape index (κ2) is 9.28. The van der Waals surface area contributed by atoms with Crippen molar-refractivity contribution in [2.45, 2.75) is 45.3 Å². The van der Waals surface area contributed by atoms with E-state index in [4.69, 9.17) is 18.9 Å². The minimum absolute atomic E-state index is 0.0578. The largest absolute Gasteiger partial charge is 0.493 e. The molecule has 1 heterocycles. The Labute approximate surface area is 177 Å². The van der Waals surface area contributed by atoms with Crippen molar-refractivity contribution >= 4 is 5.91 Å². The van der Waals surface area contributed by atoms with Gasteiger partial charge in [-0.25, -0.2) is 0 Å². The number of rotatable bonds is 7. The van der Waals surface area contributed by atoms with Crippen LogP contribution in [0.5, 0.6) is 23.0 Å². The van der Waals surface area contributed by atoms with Gasteiger partial charge in [0, 0.05) is 24.2 Å². The molecule has 2 aromatic carbocycles. The SMILES string of the molecule is CCN(Cc1cccc2c1OCCO2)C(=O)c1ccc(OC2CCCC2)c(OC)c1. The quantitative estimate of drug-likeness (QED) is 0.674. The van der Waals surface area contributed by atoms with Crippen LogP contribution in [0.15, 0.2) is 36.4 Å². The Balaban J connectivity index is 1.52. The Kier molecular flexibility index (Phi) is 6.31. The molecule has 0 atom stereocenters. The Morgan fingerprint density at radius 1 is 1.10 bits per heavy atom. The van der Waals surface area contributed by atoms with E-state index in [-0.39, 0.29) is 12.0 Å². The molecule has 0 aromatic heterocycles. The summed E-state index contributed by atoms with van der Waals surface area (Å²) in [6.45, 7) is 4.06. The smallest absolute Gasteiger partial charge is 0.254 e. The molecule has 0 saturated heterocycles. The van der Waals surface area contributed by atoms with Crippen LogP contribution in [0.4, 0.5) is 0 Å². The summed E-state index contributed by atoms with van der Waals surface area (Å²) >= 11 is 0. The molecule has 0 bridgehead atoms. The zero-order chi connectivity index (χ0) is 20.9. The molecular formula is C24H29NO5. The van der Waals surface area contributed by atoms with Crippen LogP contribution in [-0.4, -0.2) is 43.8 Å². The van der Waals surface area contributed by atoms with Gasteiger partial charge in [0.05, 0.1) is 13.2 Å². The average molecular weight is 411 g/mol. The van der Waals surface area contributed by atoms with E-state index in [1.807, 2.05) is 37.3 Å². The third-order valence-corrected chi connectivity index (χ3v) is 5.68. The van der Waals surface area contributed by atoms with E-state index >= 15 is 0 Å². The van der Waals surface area contributed by atoms with Gasteiger partial charge in [0.15, 0.2) is 23.0 Å². The highest BCUT2D eigenvalue weighted by atomic mass is 16.6. The van der Waals surface area contributed by atoms with Crippen molar-refractivity contribution < 1.29 is 23.7 Å². The second-order valence-corrected chi connectivity index (χ2v) is 7.65. The maximum absolute atomic E-state index is 13.2. The number of ether oxygens (including phenoxy) is 4. The number of hydrogen-bond acceptors (Lipinski definition) is 5. The van der Waals surface area contributed by atoms with Crippen LogP contribution >= 0.6 is 0 Å². The number of amides is 1. The summed E-state index contributed by atoms with van der Waals surface area (Å²) in [6, 6.07) is 11.2. The number of carbonyl (C=O) groups is 1. The van der Waals surface area contributed by atoms with Gasteiger partial charge in [0.2, 0.25) is 0 Å². The first-order valence-electron chi connectivity index (χ1n) is 10.7. The van der Waals surface area contributed by atoms with Crippen molar-refractivity contribution in [1.82, 2.24) is 4.90 Å². The van der Waals surface area contributed by atoms with E-state index in [9.17, 15) is 4.79 Å². The summed E-state index contributed by atoms with van der Waals surface area (Å²) in [5.41, 5.74) is 1.52. The zero-order valence-corrected chi connectivity index (χ0v) is 17.7. The highest BCUT2D eigenvalue weighted by molar-refractivity contribution is 5.95. The Bertz CT molecular complexity index is 891. The molecule has 6 nitrogen and oxygen atoms in total. The van der Waals surface area contributed by atoms with Crippen molar-refractivity contribution in [2.75, 3.05) is 26.9 Å². The minimum atomic E-state index is -0.0578. The summed E-state index contributed by atoms with van der Waals surface area (Å²) in [7, 11) is 1.61. The molecule has 2 aliphatic rings. The standard InChI is InChI=1S/C24H29NO5/c1-3-25(16-18-7-6-10-21-23(18)29-14-13-28-21)24(26)17-11-12-20(22(15-17)27-2)30-19-8-4-5-9-19/h6-7,10-12,15,19H,3-5,8-9,13-14,16H2,1-2H3. The number of hydrogen-bond donors (Lipinski definition) is 0. The van der Waals surface area contributed by atoms with Crippen LogP contribution in [0.3, 0.4) is 0 Å². The van der Waals surface area contributed by atoms with Gasteiger partial charge in [0.1, 0.15) is 13.2 Å². The summed E-state index contributed by atoms with van der Waals surface area (Å²) in [6.07, 6.45) is 4.78. The number of carbonyl (C=O) groups excluding carboxylic acids is 1. The second-order valence-electron chi connectivity index (χ2n) is 7.65. The molecule has 0 N–H and O–H groups in total. The minimum Gasteiger partial charge on any atom is -0.493 e. The third-order valence-electron chi connectivity index (χ3n) is 5.68. The first kappa shape index (κ1) is 20.4. The summed E-state index contributed by atoms with van der Waals surface area (Å²) in [5, 5.41) is 0. The molecule has 6 heteroatoms. The van der Waals surface area contributed by atoms with Gasteiger partial charge in [-0.2, -0.15) is 0 Å². The van der Waals surface area contributed by atoms with Gasteiger partial charge in [-0.3, -0.25) is 4.79 Å². The fraction of sp³-hybridized carbons (Fsp3) is 0.458. The van der Waals surface area contributed by atoms with E-state index in [1.165, 1.54) is 12.8 Å². The predicted molar refractivity (Wildman–Crippen MR) is 114 cm³/mol. The van der Waals surface area contributed by atoms with E-state index in [0.29, 0.717) is 43.4 Å². The Morgan fingerprint density at radius 3 is 2.67 bits per heavy atom. The lowest BCUT2D eigenvalue weighted by atomic mass is 10.1. The molecule has 1 fully saturated rings. The van der Waals surface area contributed by atoms with Gasteiger partial charge >= 0.3 is 0 Å². The normalized spacial score (nSPS) is 15.7. The number of para-hydroxylation sites is 1. The lowest BCUT2D eigenvalue weighted by Gasteiger charge is -2.25. The molecule has 0 radical (unpaired) electrons. The summed E-state index contributed by atoms with van der Waals surface area (Å²) in [5.74, 6) is 2.70. The number of fused-ring (bicyclic) bond motifs is 1. The zero-order valence-electron chi connectivity index (χ0n) is 17.7. The maximum Gasteiger partial charge on any atom is 0.254 e. The molecule has 1 amide bonds. The summed E-state index contributed by atoms with van der Waals surface area (Å²) in [4.78, 5) is 15.0. The van der Waals surface area contributed by atoms with Crippen LogP contribution in [0.2, 0.25) is 0 Å². The molecule has 160 valence electrons. The maximum atomic E-state index is 13.2. The van der Waals surface area contributed by atoms with Crippen LogP contribution < -0.4 is 18.9 Å². The number of methoxy groups -OCH3 is 1. The van der Waals surface area contributed by atoms with Crippen molar-refractivity contribution in [3.8, 4) is 23.0 Å². The molecule has 2 aromatic rings. The van der Waals surface area contributed by atoms with Crippen LogP contribution in [-0.2, 0) is 6.54 Å². The predicted octanol–water partition coefficient (Wildman–Crippen LogP) is 4.45. The highest BCUT2D eigenvalue weighted by Gasteiger charge is 2.23. The average Bonchev–Trinajstić information content (AvgIpc) is 3.30. The van der Waals surface area contributed by atoms with Gasteiger partial charge in [-0.05, 0) is 56.9 Å². The molecule has 30 heavy (non-hydrogen) atoms. The van der Waals surface area contributed by atoms with Gasteiger partial charge in [-0.15, -0.1) is 0 Å². The Morgan fingerprint density at radius 2 is 1.90 bits per heavy atom. The Hall–Kier alpha value is -2.89. The first-order valence-corrected chi connectivity index (χ1v) is 10.7. The van der Waals surface area contributed by atoms with Crippen molar-refractivity contribution in [3.63, 3.8) is 0 Å². The monoisotopic (exact) mass is 411 g/mol. The van der Waals surface area contributed by atoms with Gasteiger partial charge in [0.25, 0.3) is 5.91 Å². The van der Waals surface area contributed by atoms with E-state index in [2.05, 4.69) is 0 Å². The van der Waals surface area contributed by atoms with E-state index in [1.54, 1.807) is 18.1 Å². The van der Waals surface area contributed by atoms with Gasteiger partial charge in [-0.1, -0.05) is 12.1 Å². The summed E-state index contributed by atoms with van der Waals surface area (Å²) < 4.78 is 23.1. The van der Waals surface area contributed by atoms with E-state index < -0.39 is 0 Å². The lowest BCUT2D eigenvalue weighted by molar-refractivity contribution is 0.0748. The molecule has 1 saturated carbocycles. The molecular weight excluding hydrogens is 382 g/mol. The fourth-order valence-corrected chi connectivity index (χ4v) is 4.06. The van der Waals surface area contributed by atoms with Crippen molar-refractivity contribution in [1.29, 1.82) is 0 Å². The fourth-order valence-electron chi connectivity index (χ4n) is 4.06. The van der Waals surface area contributed by atoms with Crippen LogP contribution in [0.25, 0.3) is 0 Å². The van der Waals surface area contributed by atoms with Gasteiger partial charge < -0.3 is 23.8 Å². The lowest BCUT2D eigenvalue weighted by Crippen LogP contribution is -2.31. The first-order chi connectivity index (χ1) is 14.7. The van der Waals surface area contributed by atoms with Crippen molar-refractivity contribution in [2.24, 2.45) is 0 Å². The highest BCUT2D eigenvalue weighted by Crippen LogP contribution is 2.35. The van der Waals surface area contributed by atoms with Crippen LogP contribution in [0.1, 0.15) is 48.5 Å². The van der Waals surface area contributed by atoms with E-state index in [0.717, 1.165) is 29.9 Å². The molecule has 0 spiro atoms. The number of nitrogens with zero attached hydrogens (tertiary/aromatic N) is 1. The van der Waals surface area contributed by atoms with Crippen molar-refractivity contribution in [3.05, 3.63) is 47.5 Å². The van der Waals surface area contributed by atoms with Crippen LogP contribution in [0, 0.1) is 0 Å². The topological polar surface area (TPSA) is 57.2 Å². The number of benzene rings is 2. The molecule has 4 rings (SSSR count). The third kappa shape index (κ3) is 4.32.